The lowest BCUT2D eigenvalue weighted by Crippen LogP contribution is -2.44. The van der Waals surface area contributed by atoms with Crippen LogP contribution in [-0.2, 0) is 12.6 Å². The second kappa shape index (κ2) is 6.58. The number of amides is 1. The Morgan fingerprint density at radius 2 is 2.05 bits per heavy atom. The maximum Gasteiger partial charge on any atom is 0.416 e. The van der Waals surface area contributed by atoms with Crippen LogP contribution in [0.4, 0.5) is 18.0 Å². The van der Waals surface area contributed by atoms with E-state index in [1.165, 1.54) is 12.1 Å². The van der Waals surface area contributed by atoms with Gasteiger partial charge in [0.2, 0.25) is 0 Å². The molecule has 0 radical (unpaired) electrons. The van der Waals surface area contributed by atoms with Crippen LogP contribution >= 0.6 is 0 Å². The molecular formula is C12H15F3N2O3. The van der Waals surface area contributed by atoms with Gasteiger partial charge in [0.25, 0.3) is 0 Å². The third kappa shape index (κ3) is 5.06. The monoisotopic (exact) mass is 292 g/mol. The number of hydrogen-bond acceptors (Lipinski definition) is 3. The van der Waals surface area contributed by atoms with Gasteiger partial charge in [-0.25, -0.2) is 4.79 Å². The fraction of sp³-hybridized carbons (Fsp3) is 0.417. The normalized spacial score (nSPS) is 14.7. The second-order valence-corrected chi connectivity index (χ2v) is 4.32. The van der Waals surface area contributed by atoms with Gasteiger partial charge in [-0.15, -0.1) is 0 Å². The van der Waals surface area contributed by atoms with Crippen molar-refractivity contribution in [2.75, 3.05) is 6.54 Å². The van der Waals surface area contributed by atoms with Crippen molar-refractivity contribution in [1.82, 2.24) is 5.32 Å². The highest BCUT2D eigenvalue weighted by atomic mass is 19.4. The molecule has 0 spiro atoms. The van der Waals surface area contributed by atoms with Gasteiger partial charge < -0.3 is 21.3 Å². The molecule has 8 heteroatoms. The highest BCUT2D eigenvalue weighted by Gasteiger charge is 2.30. The quantitative estimate of drug-likeness (QED) is 0.656. The Bertz CT molecular complexity index is 466. The Morgan fingerprint density at radius 3 is 2.60 bits per heavy atom. The van der Waals surface area contributed by atoms with Crippen molar-refractivity contribution < 1.29 is 28.2 Å². The molecule has 2 unspecified atom stereocenters. The topological polar surface area (TPSA) is 95.6 Å². The number of aliphatic hydroxyl groups excluding tert-OH is 1. The highest BCUT2D eigenvalue weighted by molar-refractivity contribution is 5.64. The average molecular weight is 292 g/mol. The van der Waals surface area contributed by atoms with Gasteiger partial charge in [-0.2, -0.15) is 13.2 Å². The molecule has 0 aliphatic rings. The largest absolute Gasteiger partial charge is 0.465 e. The van der Waals surface area contributed by atoms with E-state index in [-0.39, 0.29) is 13.0 Å². The summed E-state index contributed by atoms with van der Waals surface area (Å²) in [5.41, 5.74) is 5.16. The molecule has 1 rings (SSSR count). The van der Waals surface area contributed by atoms with Crippen molar-refractivity contribution in [3.63, 3.8) is 0 Å². The zero-order valence-electron chi connectivity index (χ0n) is 10.4. The molecule has 112 valence electrons. The van der Waals surface area contributed by atoms with Gasteiger partial charge in [0, 0.05) is 12.6 Å². The van der Waals surface area contributed by atoms with Crippen molar-refractivity contribution in [2.24, 2.45) is 5.73 Å². The molecule has 0 aliphatic heterocycles. The first-order valence-corrected chi connectivity index (χ1v) is 5.76. The minimum atomic E-state index is -4.44. The third-order valence-electron chi connectivity index (χ3n) is 2.68. The second-order valence-electron chi connectivity index (χ2n) is 4.32. The van der Waals surface area contributed by atoms with E-state index in [1.807, 2.05) is 5.32 Å². The molecule has 5 nitrogen and oxygen atoms in total. The summed E-state index contributed by atoms with van der Waals surface area (Å²) in [6.45, 7) is -0.282. The van der Waals surface area contributed by atoms with Gasteiger partial charge >= 0.3 is 12.3 Å². The van der Waals surface area contributed by atoms with Crippen molar-refractivity contribution in [3.05, 3.63) is 35.4 Å². The number of alkyl halides is 3. The summed E-state index contributed by atoms with van der Waals surface area (Å²) < 4.78 is 37.6. The lowest BCUT2D eigenvalue weighted by atomic mass is 10.00. The van der Waals surface area contributed by atoms with Crippen molar-refractivity contribution in [2.45, 2.75) is 24.7 Å². The molecule has 0 aromatic heterocycles. The van der Waals surface area contributed by atoms with Crippen LogP contribution in [0.25, 0.3) is 0 Å². The number of halogens is 3. The first kappa shape index (κ1) is 16.3. The molecule has 0 heterocycles. The summed E-state index contributed by atoms with van der Waals surface area (Å²) in [4.78, 5) is 10.3. The highest BCUT2D eigenvalue weighted by Crippen LogP contribution is 2.29. The molecule has 1 aromatic rings. The number of rotatable bonds is 5. The van der Waals surface area contributed by atoms with Gasteiger partial charge in [0.1, 0.15) is 0 Å². The Balaban J connectivity index is 2.66. The Hall–Kier alpha value is -1.80. The fourth-order valence-electron chi connectivity index (χ4n) is 1.63. The van der Waals surface area contributed by atoms with Crippen molar-refractivity contribution in [1.29, 1.82) is 0 Å². The molecular weight excluding hydrogens is 277 g/mol. The summed E-state index contributed by atoms with van der Waals surface area (Å²) in [6, 6.07) is 3.75. The van der Waals surface area contributed by atoms with E-state index in [0.717, 1.165) is 12.1 Å². The average Bonchev–Trinajstić information content (AvgIpc) is 2.35. The first-order chi connectivity index (χ1) is 9.20. The van der Waals surface area contributed by atoms with Crippen LogP contribution in [0.5, 0.6) is 0 Å². The SMILES string of the molecule is NC(Cc1cccc(C(F)(F)F)c1)C(O)CNC(=O)O. The van der Waals surface area contributed by atoms with Crippen LogP contribution in [0.2, 0.25) is 0 Å². The molecule has 0 aliphatic carbocycles. The molecule has 2 atom stereocenters. The number of nitrogens with one attached hydrogen (secondary N) is 1. The lowest BCUT2D eigenvalue weighted by Gasteiger charge is -2.19. The maximum absolute atomic E-state index is 12.5. The molecule has 1 amide bonds. The molecule has 1 aromatic carbocycles. The van der Waals surface area contributed by atoms with Crippen LogP contribution in [-0.4, -0.2) is 35.0 Å². The predicted octanol–water partition coefficient (Wildman–Crippen LogP) is 1.20. The van der Waals surface area contributed by atoms with Crippen LogP contribution < -0.4 is 11.1 Å². The van der Waals surface area contributed by atoms with Crippen molar-refractivity contribution in [3.8, 4) is 0 Å². The van der Waals surface area contributed by atoms with Gasteiger partial charge in [-0.3, -0.25) is 0 Å². The van der Waals surface area contributed by atoms with E-state index in [0.29, 0.717) is 5.56 Å². The molecule has 0 fully saturated rings. The van der Waals surface area contributed by atoms with Crippen LogP contribution in [0.1, 0.15) is 11.1 Å². The summed E-state index contributed by atoms with van der Waals surface area (Å²) in [5.74, 6) is 0. The number of nitrogens with two attached hydrogens (primary N) is 1. The van der Waals surface area contributed by atoms with Crippen molar-refractivity contribution >= 4 is 6.09 Å². The Kier molecular flexibility index (Phi) is 5.34. The minimum absolute atomic E-state index is 0.00634. The molecule has 0 bridgehead atoms. The number of benzene rings is 1. The van der Waals surface area contributed by atoms with Gasteiger partial charge in [0.15, 0.2) is 0 Å². The summed E-state index contributed by atoms with van der Waals surface area (Å²) >= 11 is 0. The van der Waals surface area contributed by atoms with E-state index in [1.54, 1.807) is 0 Å². The van der Waals surface area contributed by atoms with Gasteiger partial charge in [-0.05, 0) is 18.1 Å². The predicted molar refractivity (Wildman–Crippen MR) is 65.2 cm³/mol. The van der Waals surface area contributed by atoms with Crippen LogP contribution in [0, 0.1) is 0 Å². The minimum Gasteiger partial charge on any atom is -0.465 e. The third-order valence-corrected chi connectivity index (χ3v) is 2.68. The fourth-order valence-corrected chi connectivity index (χ4v) is 1.63. The number of hydrogen-bond donors (Lipinski definition) is 4. The number of aliphatic hydroxyl groups is 1. The van der Waals surface area contributed by atoms with Gasteiger partial charge in [-0.1, -0.05) is 18.2 Å². The van der Waals surface area contributed by atoms with E-state index >= 15 is 0 Å². The Labute approximate surface area is 113 Å². The molecule has 0 saturated heterocycles. The Morgan fingerprint density at radius 1 is 1.40 bits per heavy atom. The van der Waals surface area contributed by atoms with E-state index in [2.05, 4.69) is 0 Å². The van der Waals surface area contributed by atoms with Crippen LogP contribution in [0.3, 0.4) is 0 Å². The zero-order valence-corrected chi connectivity index (χ0v) is 10.4. The van der Waals surface area contributed by atoms with E-state index in [4.69, 9.17) is 10.8 Å². The van der Waals surface area contributed by atoms with E-state index < -0.39 is 30.0 Å². The smallest absolute Gasteiger partial charge is 0.416 e. The molecule has 20 heavy (non-hydrogen) atoms. The molecule has 0 saturated carbocycles. The number of carbonyl (C=O) groups is 1. The summed E-state index contributed by atoms with van der Waals surface area (Å²) in [6.07, 6.45) is -6.92. The number of carboxylic acid groups (broad SMARTS) is 1. The lowest BCUT2D eigenvalue weighted by molar-refractivity contribution is -0.137. The van der Waals surface area contributed by atoms with Gasteiger partial charge in [0.05, 0.1) is 11.7 Å². The maximum atomic E-state index is 12.5. The molecule has 5 N–H and O–H groups in total. The standard InChI is InChI=1S/C12H15F3N2O3/c13-12(14,15)8-3-1-2-7(4-8)5-9(16)10(18)6-17-11(19)20/h1-4,9-10,17-18H,5-6,16H2,(H,19,20). The van der Waals surface area contributed by atoms with E-state index in [9.17, 15) is 23.1 Å². The first-order valence-electron chi connectivity index (χ1n) is 5.76. The zero-order chi connectivity index (χ0) is 15.3. The summed E-state index contributed by atoms with van der Waals surface area (Å²) in [7, 11) is 0. The summed E-state index contributed by atoms with van der Waals surface area (Å²) in [5, 5.41) is 19.9. The van der Waals surface area contributed by atoms with Crippen LogP contribution in [0.15, 0.2) is 24.3 Å².